The summed E-state index contributed by atoms with van der Waals surface area (Å²) in [4.78, 5) is 5.13. The van der Waals surface area contributed by atoms with Gasteiger partial charge < -0.3 is 9.80 Å². The van der Waals surface area contributed by atoms with Crippen LogP contribution < -0.4 is 9.80 Å². The van der Waals surface area contributed by atoms with Crippen LogP contribution >= 0.6 is 0 Å². The fourth-order valence-electron chi connectivity index (χ4n) is 18.5. The maximum Gasteiger partial charge on any atom is 0.0713 e. The maximum atomic E-state index is 2.67. The van der Waals surface area contributed by atoms with E-state index in [1.165, 1.54) is 237 Å². The molecule has 12 aromatic rings. The van der Waals surface area contributed by atoms with Crippen LogP contribution in [0.15, 0.2) is 267 Å². The maximum absolute atomic E-state index is 2.67. The molecular weight excluding hydrogens is 1350 g/mol. The molecule has 2 nitrogen and oxygen atoms in total. The van der Waals surface area contributed by atoms with Crippen molar-refractivity contribution < 1.29 is 0 Å². The minimum Gasteiger partial charge on any atom is -0.310 e. The van der Waals surface area contributed by atoms with Crippen LogP contribution in [0.2, 0.25) is 0 Å². The average molecular weight is 1470 g/mol. The molecule has 0 atom stereocenters. The molecule has 0 unspecified atom stereocenters. The molecule has 112 heavy (non-hydrogen) atoms. The molecule has 0 fully saturated rings. The normalized spacial score (nSPS) is 13.4. The zero-order valence-corrected chi connectivity index (χ0v) is 70.2. The second kappa shape index (κ2) is 33.9. The Morgan fingerprint density at radius 2 is 0.518 bits per heavy atom. The monoisotopic (exact) mass is 1470 g/mol. The van der Waals surface area contributed by atoms with Gasteiger partial charge in [0.05, 0.1) is 5.41 Å². The average Bonchev–Trinajstić information content (AvgIpc) is 1.54. The van der Waals surface area contributed by atoms with Crippen LogP contribution in [-0.2, 0) is 33.5 Å². The molecule has 0 N–H and O–H groups in total. The zero-order valence-electron chi connectivity index (χ0n) is 70.2. The van der Waals surface area contributed by atoms with Gasteiger partial charge in [0.15, 0.2) is 0 Å². The van der Waals surface area contributed by atoms with Crippen molar-refractivity contribution in [3.63, 3.8) is 0 Å². The third-order valence-corrected chi connectivity index (χ3v) is 25.1. The molecule has 2 aliphatic rings. The van der Waals surface area contributed by atoms with Gasteiger partial charge >= 0.3 is 0 Å². The lowest BCUT2D eigenvalue weighted by atomic mass is 9.67. The van der Waals surface area contributed by atoms with Crippen LogP contribution in [0.4, 0.5) is 34.1 Å². The van der Waals surface area contributed by atoms with Crippen molar-refractivity contribution in [1.29, 1.82) is 0 Å². The van der Waals surface area contributed by atoms with Crippen LogP contribution in [0.3, 0.4) is 0 Å². The van der Waals surface area contributed by atoms with E-state index in [9.17, 15) is 0 Å². The first-order valence-corrected chi connectivity index (χ1v) is 43.0. The number of aryl methyl sites for hydroxylation is 3. The Morgan fingerprint density at radius 3 is 0.848 bits per heavy atom. The van der Waals surface area contributed by atoms with Crippen molar-refractivity contribution in [3.05, 3.63) is 334 Å². The van der Waals surface area contributed by atoms with Crippen molar-refractivity contribution in [2.24, 2.45) is 0 Å². The number of anilines is 6. The number of nitrogens with zero attached hydrogens (tertiary/aromatic N) is 2. The SMILES string of the molecule is CCCCCCCCC1(CCCCCCCC)c2cc(N(c3ccc(-c4ccc(C(C)(C)C)cc4)cc3)c3ccc(-c4ccc(C(C)(C)C)cc4)cc3)ccc2-c2ccc(N(c3ccc(-c4ccc(C(C)(C)C)cc4)cc3)c3ccc(C4(c5ccc(CCCCCC)cc5)c5cc(C)ccc5-c5ccc(C)cc54)cc3)cc21. The van der Waals surface area contributed by atoms with Crippen molar-refractivity contribution in [2.75, 3.05) is 9.80 Å². The van der Waals surface area contributed by atoms with Gasteiger partial charge in [-0.2, -0.15) is 0 Å². The van der Waals surface area contributed by atoms with E-state index in [4.69, 9.17) is 0 Å². The lowest BCUT2D eigenvalue weighted by molar-refractivity contribution is 0.398. The highest BCUT2D eigenvalue weighted by molar-refractivity contribution is 5.91. The fraction of sp³-hybridized carbons (Fsp3) is 0.345. The van der Waals surface area contributed by atoms with Crippen molar-refractivity contribution in [3.8, 4) is 55.6 Å². The number of benzene rings is 12. The first kappa shape index (κ1) is 78.9. The topological polar surface area (TPSA) is 6.48 Å². The highest BCUT2D eigenvalue weighted by Crippen LogP contribution is 2.60. The Kier molecular flexibility index (Phi) is 23.9. The van der Waals surface area contributed by atoms with Gasteiger partial charge in [0.2, 0.25) is 0 Å². The smallest absolute Gasteiger partial charge is 0.0713 e. The van der Waals surface area contributed by atoms with Crippen molar-refractivity contribution in [1.82, 2.24) is 0 Å². The molecule has 0 bridgehead atoms. The zero-order chi connectivity index (χ0) is 78.4. The summed E-state index contributed by atoms with van der Waals surface area (Å²) in [5.74, 6) is 0. The van der Waals surface area contributed by atoms with Crippen LogP contribution in [0.25, 0.3) is 55.6 Å². The molecule has 0 spiro atoms. The second-order valence-corrected chi connectivity index (χ2v) is 36.3. The van der Waals surface area contributed by atoms with Crippen LogP contribution in [0, 0.1) is 13.8 Å². The summed E-state index contributed by atoms with van der Waals surface area (Å²) in [7, 11) is 0. The van der Waals surface area contributed by atoms with E-state index >= 15 is 0 Å². The summed E-state index contributed by atoms with van der Waals surface area (Å²) in [6.45, 7) is 32.2. The third kappa shape index (κ3) is 16.5. The number of unbranched alkanes of at least 4 members (excludes halogenated alkanes) is 13. The largest absolute Gasteiger partial charge is 0.310 e. The summed E-state index contributed by atoms with van der Waals surface area (Å²) in [6.07, 6.45) is 23.3. The van der Waals surface area contributed by atoms with Gasteiger partial charge in [0, 0.05) is 39.5 Å². The van der Waals surface area contributed by atoms with E-state index in [0.717, 1.165) is 42.0 Å². The quantitative estimate of drug-likeness (QED) is 0.0414. The third-order valence-electron chi connectivity index (χ3n) is 25.1. The van der Waals surface area contributed by atoms with E-state index in [-0.39, 0.29) is 21.7 Å². The van der Waals surface area contributed by atoms with Gasteiger partial charge in [-0.05, 0) is 240 Å². The summed E-state index contributed by atoms with van der Waals surface area (Å²) in [6, 6.07) is 105. The first-order chi connectivity index (χ1) is 54.1. The minimum absolute atomic E-state index is 0.0699. The summed E-state index contributed by atoms with van der Waals surface area (Å²) < 4.78 is 0. The van der Waals surface area contributed by atoms with Gasteiger partial charge in [-0.15, -0.1) is 0 Å². The molecule has 574 valence electrons. The fourth-order valence-corrected chi connectivity index (χ4v) is 18.5. The lowest BCUT2D eigenvalue weighted by Gasteiger charge is -2.36. The molecule has 0 saturated heterocycles. The predicted molar refractivity (Wildman–Crippen MR) is 485 cm³/mol. The summed E-state index contributed by atoms with van der Waals surface area (Å²) in [5, 5.41) is 0. The van der Waals surface area contributed by atoms with E-state index in [1.54, 1.807) is 0 Å². The number of hydrogen-bond acceptors (Lipinski definition) is 2. The van der Waals surface area contributed by atoms with E-state index in [2.05, 4.69) is 374 Å². The van der Waals surface area contributed by atoms with Crippen LogP contribution in [-0.4, -0.2) is 0 Å². The molecule has 0 saturated carbocycles. The Labute approximate surface area is 674 Å². The first-order valence-electron chi connectivity index (χ1n) is 43.0. The number of hydrogen-bond donors (Lipinski definition) is 0. The molecule has 0 heterocycles. The van der Waals surface area contributed by atoms with E-state index in [1.807, 2.05) is 0 Å². The lowest BCUT2D eigenvalue weighted by Crippen LogP contribution is -2.29. The summed E-state index contributed by atoms with van der Waals surface area (Å²) in [5.41, 5.74) is 35.4. The van der Waals surface area contributed by atoms with Crippen molar-refractivity contribution >= 4 is 34.1 Å². The standard InChI is InChI=1S/C110H124N2/c1-15-18-21-24-26-29-72-109(73-30-27-25-22-19-16-2)102-76-96(111(92-58-42-84(43-59-92)81-36-50-87(51-37-81)106(6,7)8)93-60-44-85(45-61-93)82-38-52-88(53-39-82)107(9,10)11)66-70-98(102)99-71-67-97(77-103(99)109)112(94-62-46-86(47-63-94)83-40-54-89(55-41-83)108(12,13)14)95-64-56-91(57-65-95)110(90-48-34-80(35-49-90)31-28-23-20-17-3)104-74-78(4)32-68-100(104)101-69-33-79(5)75-105(101)110/h32-71,74-77H,15-31,72-73H2,1-14H3. The number of rotatable bonds is 30. The molecule has 0 amide bonds. The molecule has 2 heteroatoms. The molecule has 0 aromatic heterocycles. The Balaban J connectivity index is 0.929. The Bertz CT molecular complexity index is 4960. The van der Waals surface area contributed by atoms with E-state index in [0.29, 0.717) is 0 Å². The number of fused-ring (bicyclic) bond motifs is 6. The van der Waals surface area contributed by atoms with Gasteiger partial charge in [0.25, 0.3) is 0 Å². The second-order valence-electron chi connectivity index (χ2n) is 36.3. The Morgan fingerprint density at radius 1 is 0.250 bits per heavy atom. The van der Waals surface area contributed by atoms with Crippen LogP contribution in [0.1, 0.15) is 265 Å². The van der Waals surface area contributed by atoms with Gasteiger partial charge in [-0.1, -0.05) is 385 Å². The summed E-state index contributed by atoms with van der Waals surface area (Å²) >= 11 is 0. The van der Waals surface area contributed by atoms with Gasteiger partial charge in [-0.3, -0.25) is 0 Å². The van der Waals surface area contributed by atoms with E-state index < -0.39 is 5.41 Å². The molecule has 14 rings (SSSR count). The van der Waals surface area contributed by atoms with Gasteiger partial charge in [-0.25, -0.2) is 0 Å². The van der Waals surface area contributed by atoms with Gasteiger partial charge in [0.1, 0.15) is 0 Å². The molecular formula is C110H124N2. The van der Waals surface area contributed by atoms with Crippen LogP contribution in [0.5, 0.6) is 0 Å². The molecule has 2 aliphatic carbocycles. The predicted octanol–water partition coefficient (Wildman–Crippen LogP) is 32.4. The molecule has 12 aromatic carbocycles. The molecule has 0 aliphatic heterocycles. The highest BCUT2D eigenvalue weighted by Gasteiger charge is 2.47. The van der Waals surface area contributed by atoms with Crippen molar-refractivity contribution in [2.45, 2.75) is 246 Å². The Hall–Kier alpha value is -9.76. The minimum atomic E-state index is -0.539. The highest BCUT2D eigenvalue weighted by atomic mass is 15.1. The molecule has 0 radical (unpaired) electrons.